The number of benzene rings is 2. The topological polar surface area (TPSA) is 12.0 Å². The molecule has 0 saturated heterocycles. The van der Waals surface area contributed by atoms with Gasteiger partial charge in [-0.3, -0.25) is 0 Å². The molecule has 5 heteroatoms. The highest BCUT2D eigenvalue weighted by Gasteiger charge is 2.28. The van der Waals surface area contributed by atoms with Gasteiger partial charge in [0.05, 0.1) is 0 Å². The van der Waals surface area contributed by atoms with E-state index in [1.54, 1.807) is 12.1 Å². The summed E-state index contributed by atoms with van der Waals surface area (Å²) >= 11 is -0.0995. The molecule has 0 atom stereocenters. The van der Waals surface area contributed by atoms with Crippen LogP contribution in [-0.4, -0.2) is 5.51 Å². The Kier molecular flexibility index (Phi) is 4.83. The molecule has 1 N–H and O–H groups in total. The molecule has 21 heavy (non-hydrogen) atoms. The van der Waals surface area contributed by atoms with Crippen molar-refractivity contribution in [3.05, 3.63) is 59.2 Å². The number of hydrogen-bond acceptors (Lipinski definition) is 2. The van der Waals surface area contributed by atoms with Gasteiger partial charge in [-0.05, 0) is 66.6 Å². The first kappa shape index (κ1) is 15.8. The molecule has 0 aliphatic heterocycles. The third kappa shape index (κ3) is 4.70. The van der Waals surface area contributed by atoms with Crippen LogP contribution in [0, 0.1) is 13.8 Å². The van der Waals surface area contributed by atoms with E-state index < -0.39 is 5.51 Å². The molecular formula is C16H16F3NS. The summed E-state index contributed by atoms with van der Waals surface area (Å²) < 4.78 is 36.7. The third-order valence-corrected chi connectivity index (χ3v) is 4.03. The number of alkyl halides is 3. The largest absolute Gasteiger partial charge is 0.446 e. The predicted octanol–water partition coefficient (Wildman–Crippen LogP) is 5.53. The van der Waals surface area contributed by atoms with E-state index >= 15 is 0 Å². The van der Waals surface area contributed by atoms with Crippen LogP contribution < -0.4 is 5.32 Å². The molecule has 0 aliphatic carbocycles. The first-order valence-electron chi connectivity index (χ1n) is 6.50. The normalized spacial score (nSPS) is 11.5. The lowest BCUT2D eigenvalue weighted by Crippen LogP contribution is -2.02. The first-order chi connectivity index (χ1) is 9.85. The van der Waals surface area contributed by atoms with Crippen LogP contribution in [0.25, 0.3) is 0 Å². The molecule has 1 nitrogen and oxygen atoms in total. The summed E-state index contributed by atoms with van der Waals surface area (Å²) in [5.41, 5.74) is 0.208. The summed E-state index contributed by atoms with van der Waals surface area (Å²) in [5.74, 6) is 0. The summed E-state index contributed by atoms with van der Waals surface area (Å²) in [6.07, 6.45) is 0. The molecule has 0 aliphatic rings. The van der Waals surface area contributed by atoms with Crippen molar-refractivity contribution in [2.45, 2.75) is 30.8 Å². The molecule has 0 heterocycles. The van der Waals surface area contributed by atoms with Crippen LogP contribution in [0.2, 0.25) is 0 Å². The van der Waals surface area contributed by atoms with Crippen LogP contribution in [-0.2, 0) is 6.54 Å². The van der Waals surface area contributed by atoms with E-state index in [1.807, 2.05) is 12.1 Å². The van der Waals surface area contributed by atoms with Gasteiger partial charge in [0.1, 0.15) is 0 Å². The number of aryl methyl sites for hydroxylation is 1. The predicted molar refractivity (Wildman–Crippen MR) is 81.6 cm³/mol. The van der Waals surface area contributed by atoms with Gasteiger partial charge in [0, 0.05) is 17.1 Å². The van der Waals surface area contributed by atoms with E-state index in [4.69, 9.17) is 0 Å². The van der Waals surface area contributed by atoms with Crippen molar-refractivity contribution in [2.24, 2.45) is 0 Å². The van der Waals surface area contributed by atoms with Gasteiger partial charge in [-0.25, -0.2) is 0 Å². The molecule has 0 bridgehead atoms. The highest BCUT2D eigenvalue weighted by atomic mass is 32.2. The van der Waals surface area contributed by atoms with E-state index in [0.29, 0.717) is 6.54 Å². The van der Waals surface area contributed by atoms with Gasteiger partial charge in [-0.1, -0.05) is 18.2 Å². The minimum Gasteiger partial charge on any atom is -0.381 e. The van der Waals surface area contributed by atoms with Gasteiger partial charge >= 0.3 is 5.51 Å². The van der Waals surface area contributed by atoms with Crippen molar-refractivity contribution < 1.29 is 13.2 Å². The minimum atomic E-state index is -4.24. The van der Waals surface area contributed by atoms with Gasteiger partial charge in [-0.15, -0.1) is 0 Å². The highest BCUT2D eigenvalue weighted by Crippen LogP contribution is 2.37. The van der Waals surface area contributed by atoms with Crippen LogP contribution in [0.1, 0.15) is 16.7 Å². The Bertz CT molecular complexity index is 606. The number of thioether (sulfide) groups is 1. The standard InChI is InChI=1S/C16H16F3NS/c1-11-4-3-5-13(12(11)2)10-20-14-6-8-15(9-7-14)21-16(17,18)19/h3-9,20H,10H2,1-2H3. The maximum atomic E-state index is 12.2. The molecule has 0 aromatic heterocycles. The summed E-state index contributed by atoms with van der Waals surface area (Å²) in [6, 6.07) is 12.4. The second kappa shape index (κ2) is 6.43. The quantitative estimate of drug-likeness (QED) is 0.745. The second-order valence-electron chi connectivity index (χ2n) is 4.78. The Morgan fingerprint density at radius 1 is 1.00 bits per heavy atom. The van der Waals surface area contributed by atoms with Crippen molar-refractivity contribution in [3.63, 3.8) is 0 Å². The maximum absolute atomic E-state index is 12.2. The zero-order valence-corrected chi connectivity index (χ0v) is 12.6. The van der Waals surface area contributed by atoms with Gasteiger partial charge in [0.25, 0.3) is 0 Å². The minimum absolute atomic E-state index is 0.0995. The van der Waals surface area contributed by atoms with E-state index in [9.17, 15) is 13.2 Å². The fraction of sp³-hybridized carbons (Fsp3) is 0.250. The van der Waals surface area contributed by atoms with Crippen molar-refractivity contribution in [1.29, 1.82) is 0 Å². The average molecular weight is 311 g/mol. The van der Waals surface area contributed by atoms with Crippen molar-refractivity contribution in [3.8, 4) is 0 Å². The fourth-order valence-electron chi connectivity index (χ4n) is 1.98. The van der Waals surface area contributed by atoms with E-state index in [2.05, 4.69) is 25.2 Å². The number of anilines is 1. The average Bonchev–Trinajstić information content (AvgIpc) is 2.40. The molecule has 0 amide bonds. The molecule has 0 spiro atoms. The highest BCUT2D eigenvalue weighted by molar-refractivity contribution is 8.00. The van der Waals surface area contributed by atoms with Gasteiger partial charge in [0.15, 0.2) is 0 Å². The van der Waals surface area contributed by atoms with E-state index in [1.165, 1.54) is 28.8 Å². The first-order valence-corrected chi connectivity index (χ1v) is 7.31. The van der Waals surface area contributed by atoms with E-state index in [0.717, 1.165) is 5.69 Å². The van der Waals surface area contributed by atoms with Gasteiger partial charge in [0.2, 0.25) is 0 Å². The Labute approximate surface area is 126 Å². The molecule has 0 unspecified atom stereocenters. The smallest absolute Gasteiger partial charge is 0.381 e. The molecule has 0 radical (unpaired) electrons. The van der Waals surface area contributed by atoms with Crippen molar-refractivity contribution in [2.75, 3.05) is 5.32 Å². The summed E-state index contributed by atoms with van der Waals surface area (Å²) in [7, 11) is 0. The number of rotatable bonds is 4. The summed E-state index contributed by atoms with van der Waals surface area (Å²) in [6.45, 7) is 4.77. The van der Waals surface area contributed by atoms with Gasteiger partial charge in [-0.2, -0.15) is 13.2 Å². The van der Waals surface area contributed by atoms with Crippen LogP contribution in [0.15, 0.2) is 47.4 Å². The number of hydrogen-bond donors (Lipinski definition) is 1. The molecule has 2 aromatic carbocycles. The van der Waals surface area contributed by atoms with E-state index in [-0.39, 0.29) is 16.7 Å². The molecule has 0 saturated carbocycles. The zero-order valence-electron chi connectivity index (χ0n) is 11.8. The molecule has 2 rings (SSSR count). The second-order valence-corrected chi connectivity index (χ2v) is 5.92. The van der Waals surface area contributed by atoms with Crippen LogP contribution in [0.4, 0.5) is 18.9 Å². The molecule has 2 aromatic rings. The van der Waals surface area contributed by atoms with Crippen molar-refractivity contribution in [1.82, 2.24) is 0 Å². The lowest BCUT2D eigenvalue weighted by Gasteiger charge is -2.11. The fourth-order valence-corrected chi connectivity index (χ4v) is 2.51. The zero-order chi connectivity index (χ0) is 15.5. The Morgan fingerprint density at radius 3 is 2.29 bits per heavy atom. The summed E-state index contributed by atoms with van der Waals surface area (Å²) in [4.78, 5) is 0.194. The molecule has 0 fully saturated rings. The number of halogens is 3. The Morgan fingerprint density at radius 2 is 1.67 bits per heavy atom. The molecule has 112 valence electrons. The van der Waals surface area contributed by atoms with Crippen LogP contribution in [0.3, 0.4) is 0 Å². The lowest BCUT2D eigenvalue weighted by atomic mass is 10.0. The maximum Gasteiger partial charge on any atom is 0.446 e. The van der Waals surface area contributed by atoms with Crippen LogP contribution in [0.5, 0.6) is 0 Å². The molecular weight excluding hydrogens is 295 g/mol. The van der Waals surface area contributed by atoms with Crippen LogP contribution >= 0.6 is 11.8 Å². The third-order valence-electron chi connectivity index (χ3n) is 3.29. The Balaban J connectivity index is 1.99. The lowest BCUT2D eigenvalue weighted by molar-refractivity contribution is -0.0328. The summed E-state index contributed by atoms with van der Waals surface area (Å²) in [5, 5.41) is 3.23. The Hall–Kier alpha value is -1.62. The SMILES string of the molecule is Cc1cccc(CNc2ccc(SC(F)(F)F)cc2)c1C. The monoisotopic (exact) mass is 311 g/mol. The van der Waals surface area contributed by atoms with Crippen molar-refractivity contribution >= 4 is 17.4 Å². The van der Waals surface area contributed by atoms with Gasteiger partial charge < -0.3 is 5.32 Å². The number of nitrogens with one attached hydrogen (secondary N) is 1.